The smallest absolute Gasteiger partial charge is 0.298 e. The maximum Gasteiger partial charge on any atom is 0.298 e. The highest BCUT2D eigenvalue weighted by Gasteiger charge is 2.26. The van der Waals surface area contributed by atoms with Crippen LogP contribution in [0.25, 0.3) is 10.9 Å². The van der Waals surface area contributed by atoms with Gasteiger partial charge in [-0.25, -0.2) is 8.42 Å². The summed E-state index contributed by atoms with van der Waals surface area (Å²) in [6.07, 6.45) is 0. The van der Waals surface area contributed by atoms with Gasteiger partial charge in [0.05, 0.1) is 15.3 Å². The van der Waals surface area contributed by atoms with Crippen LogP contribution in [-0.4, -0.2) is 40.8 Å². The molecule has 0 fully saturated rings. The van der Waals surface area contributed by atoms with Gasteiger partial charge in [0.25, 0.3) is 5.69 Å². The van der Waals surface area contributed by atoms with Gasteiger partial charge in [-0.2, -0.15) is 4.31 Å². The fourth-order valence-electron chi connectivity index (χ4n) is 3.15. The lowest BCUT2D eigenvalue weighted by Crippen LogP contribution is -2.30. The van der Waals surface area contributed by atoms with Gasteiger partial charge in [0, 0.05) is 24.5 Å². The van der Waals surface area contributed by atoms with Gasteiger partial charge in [0.1, 0.15) is 0 Å². The number of H-pyrrole nitrogens is 1. The first-order valence-corrected chi connectivity index (χ1v) is 10.6. The first-order chi connectivity index (χ1) is 14.2. The number of para-hydroxylation sites is 1. The largest absolute Gasteiger partial charge is 0.493 e. The molecule has 0 atom stereocenters. The summed E-state index contributed by atoms with van der Waals surface area (Å²) in [4.78, 5) is 13.4. The molecule has 30 heavy (non-hydrogen) atoms. The van der Waals surface area contributed by atoms with Gasteiger partial charge in [0.15, 0.2) is 11.4 Å². The Bertz CT molecular complexity index is 1250. The second-order valence-corrected chi connectivity index (χ2v) is 8.45. The van der Waals surface area contributed by atoms with Crippen LogP contribution in [0, 0.1) is 17.0 Å². The van der Waals surface area contributed by atoms with Crippen molar-refractivity contribution in [2.45, 2.75) is 25.7 Å². The van der Waals surface area contributed by atoms with Gasteiger partial charge in [-0.15, -0.1) is 10.2 Å². The van der Waals surface area contributed by atoms with E-state index in [9.17, 15) is 23.6 Å². The molecular weight excluding hydrogens is 410 g/mol. The number of sulfonamides is 1. The van der Waals surface area contributed by atoms with E-state index in [1.807, 2.05) is 13.0 Å². The SMILES string of the molecule is CCN(CC)S(=O)(=O)c1ccc(N=Nc2c(O)[nH]c3c(C)cccc23)c([N+](=O)[O-])c1. The molecule has 0 saturated carbocycles. The first kappa shape index (κ1) is 21.4. The fraction of sp³-hybridized carbons (Fsp3) is 0.263. The number of nitro groups is 1. The number of aromatic nitrogens is 1. The summed E-state index contributed by atoms with van der Waals surface area (Å²) in [5, 5.41) is 30.2. The topological polar surface area (TPSA) is 141 Å². The molecule has 11 heteroatoms. The zero-order valence-electron chi connectivity index (χ0n) is 16.7. The summed E-state index contributed by atoms with van der Waals surface area (Å²) in [7, 11) is -3.86. The second-order valence-electron chi connectivity index (χ2n) is 6.52. The van der Waals surface area contributed by atoms with Crippen molar-refractivity contribution < 1.29 is 18.4 Å². The molecular formula is C19H21N5O5S. The average molecular weight is 431 g/mol. The molecule has 10 nitrogen and oxygen atoms in total. The lowest BCUT2D eigenvalue weighted by molar-refractivity contribution is -0.384. The second kappa shape index (κ2) is 8.20. The molecule has 0 amide bonds. The van der Waals surface area contributed by atoms with E-state index in [1.165, 1.54) is 16.4 Å². The Morgan fingerprint density at radius 2 is 1.87 bits per heavy atom. The van der Waals surface area contributed by atoms with Crippen molar-refractivity contribution in [3.05, 3.63) is 52.1 Å². The molecule has 3 rings (SSSR count). The van der Waals surface area contributed by atoms with Gasteiger partial charge < -0.3 is 10.1 Å². The van der Waals surface area contributed by atoms with E-state index < -0.39 is 20.6 Å². The number of hydrogen-bond acceptors (Lipinski definition) is 7. The summed E-state index contributed by atoms with van der Waals surface area (Å²) in [5.74, 6) is -0.216. The van der Waals surface area contributed by atoms with Gasteiger partial charge in [-0.1, -0.05) is 32.0 Å². The fourth-order valence-corrected chi connectivity index (χ4v) is 4.63. The number of rotatable bonds is 7. The highest BCUT2D eigenvalue weighted by Crippen LogP contribution is 2.39. The van der Waals surface area contributed by atoms with Crippen molar-refractivity contribution in [1.82, 2.24) is 9.29 Å². The zero-order chi connectivity index (χ0) is 22.1. The summed E-state index contributed by atoms with van der Waals surface area (Å²) in [5.41, 5.74) is 1.09. The van der Waals surface area contributed by atoms with Gasteiger partial charge in [-0.3, -0.25) is 10.1 Å². The molecule has 0 saturated heterocycles. The van der Waals surface area contributed by atoms with Crippen LogP contribution in [-0.2, 0) is 10.0 Å². The summed E-state index contributed by atoms with van der Waals surface area (Å²) >= 11 is 0. The van der Waals surface area contributed by atoms with E-state index in [0.717, 1.165) is 11.6 Å². The van der Waals surface area contributed by atoms with Gasteiger partial charge in [-0.05, 0) is 24.6 Å². The lowest BCUT2D eigenvalue weighted by Gasteiger charge is -2.18. The van der Waals surface area contributed by atoms with Crippen LogP contribution in [0.5, 0.6) is 5.88 Å². The number of fused-ring (bicyclic) bond motifs is 1. The number of aromatic amines is 1. The Kier molecular flexibility index (Phi) is 5.85. The Morgan fingerprint density at radius 1 is 1.17 bits per heavy atom. The maximum absolute atomic E-state index is 12.7. The Balaban J connectivity index is 2.07. The van der Waals surface area contributed by atoms with Gasteiger partial charge in [0.2, 0.25) is 15.9 Å². The van der Waals surface area contributed by atoms with Crippen LogP contribution < -0.4 is 0 Å². The van der Waals surface area contributed by atoms with Crippen molar-refractivity contribution in [3.63, 3.8) is 0 Å². The molecule has 2 N–H and O–H groups in total. The quantitative estimate of drug-likeness (QED) is 0.321. The Morgan fingerprint density at radius 3 is 2.50 bits per heavy atom. The van der Waals surface area contributed by atoms with E-state index in [2.05, 4.69) is 15.2 Å². The van der Waals surface area contributed by atoms with E-state index >= 15 is 0 Å². The minimum Gasteiger partial charge on any atom is -0.493 e. The first-order valence-electron chi connectivity index (χ1n) is 9.21. The molecule has 1 heterocycles. The lowest BCUT2D eigenvalue weighted by atomic mass is 10.1. The van der Waals surface area contributed by atoms with Crippen molar-refractivity contribution in [2.24, 2.45) is 10.2 Å². The predicted molar refractivity (Wildman–Crippen MR) is 112 cm³/mol. The molecule has 158 valence electrons. The molecule has 0 bridgehead atoms. The van der Waals surface area contributed by atoms with Crippen LogP contribution in [0.3, 0.4) is 0 Å². The third-order valence-electron chi connectivity index (χ3n) is 4.74. The molecule has 3 aromatic rings. The molecule has 0 aliphatic heterocycles. The highest BCUT2D eigenvalue weighted by molar-refractivity contribution is 7.89. The number of nitro benzene ring substituents is 1. The zero-order valence-corrected chi connectivity index (χ0v) is 17.5. The van der Waals surface area contributed by atoms with Crippen LogP contribution in [0.15, 0.2) is 51.5 Å². The monoisotopic (exact) mass is 431 g/mol. The standard InChI is InChI=1S/C19H21N5O5S/c1-4-23(5-2)30(28,29)13-9-10-15(16(11-13)24(26)27)21-22-18-14-8-6-7-12(3)17(14)20-19(18)25/h6-11,20,25H,4-5H2,1-3H3. The normalized spacial score (nSPS) is 12.3. The average Bonchev–Trinajstić information content (AvgIpc) is 3.03. The summed E-state index contributed by atoms with van der Waals surface area (Å²) in [6.45, 7) is 5.72. The number of benzene rings is 2. The summed E-state index contributed by atoms with van der Waals surface area (Å²) < 4.78 is 26.5. The Hall–Kier alpha value is -3.31. The number of nitrogens with zero attached hydrogens (tertiary/aromatic N) is 4. The molecule has 0 aliphatic carbocycles. The predicted octanol–water partition coefficient (Wildman–Crippen LogP) is 4.54. The minimum absolute atomic E-state index is 0.125. The summed E-state index contributed by atoms with van der Waals surface area (Å²) in [6, 6.07) is 8.85. The van der Waals surface area contributed by atoms with Crippen molar-refractivity contribution in [3.8, 4) is 5.88 Å². The van der Waals surface area contributed by atoms with E-state index in [0.29, 0.717) is 10.9 Å². The van der Waals surface area contributed by atoms with E-state index in [1.54, 1.807) is 26.0 Å². The Labute approximate surface area is 173 Å². The third-order valence-corrected chi connectivity index (χ3v) is 6.79. The molecule has 1 aromatic heterocycles. The van der Waals surface area contributed by atoms with Crippen molar-refractivity contribution in [2.75, 3.05) is 13.1 Å². The number of azo groups is 1. The van der Waals surface area contributed by atoms with Gasteiger partial charge >= 0.3 is 0 Å². The number of aryl methyl sites for hydroxylation is 1. The maximum atomic E-state index is 12.7. The van der Waals surface area contributed by atoms with Crippen LogP contribution in [0.4, 0.5) is 17.1 Å². The third kappa shape index (κ3) is 3.76. The number of hydrogen-bond donors (Lipinski definition) is 2. The minimum atomic E-state index is -3.86. The molecule has 0 spiro atoms. The van der Waals surface area contributed by atoms with Crippen LogP contribution in [0.2, 0.25) is 0 Å². The van der Waals surface area contributed by atoms with Crippen LogP contribution >= 0.6 is 0 Å². The van der Waals surface area contributed by atoms with Crippen molar-refractivity contribution >= 4 is 38.0 Å². The van der Waals surface area contributed by atoms with Crippen molar-refractivity contribution in [1.29, 1.82) is 0 Å². The molecule has 2 aromatic carbocycles. The number of aromatic hydroxyl groups is 1. The molecule has 0 aliphatic rings. The molecule has 0 unspecified atom stereocenters. The molecule has 0 radical (unpaired) electrons. The van der Waals surface area contributed by atoms with Crippen LogP contribution in [0.1, 0.15) is 19.4 Å². The highest BCUT2D eigenvalue weighted by atomic mass is 32.2. The van der Waals surface area contributed by atoms with E-state index in [4.69, 9.17) is 0 Å². The number of nitrogens with one attached hydrogen (secondary N) is 1. The van der Waals surface area contributed by atoms with E-state index in [-0.39, 0.29) is 35.2 Å².